The molecule has 0 aromatic heterocycles. The first-order valence-electron chi connectivity index (χ1n) is 6.57. The largest absolute Gasteiger partial charge is 0.314 e. The molecule has 1 aliphatic carbocycles. The van der Waals surface area contributed by atoms with Crippen molar-refractivity contribution in [2.75, 3.05) is 6.54 Å². The maximum Gasteiger partial charge on any atom is 0.123 e. The van der Waals surface area contributed by atoms with Crippen LogP contribution in [0.15, 0.2) is 18.2 Å². The molecule has 1 aromatic rings. The van der Waals surface area contributed by atoms with Gasteiger partial charge in [-0.2, -0.15) is 0 Å². The molecule has 0 spiro atoms. The van der Waals surface area contributed by atoms with E-state index in [0.717, 1.165) is 6.54 Å². The van der Waals surface area contributed by atoms with Gasteiger partial charge >= 0.3 is 0 Å². The Kier molecular flexibility index (Phi) is 3.82. The van der Waals surface area contributed by atoms with Crippen molar-refractivity contribution in [2.45, 2.75) is 45.6 Å². The zero-order valence-electron chi connectivity index (χ0n) is 11.0. The molecule has 1 N–H and O–H groups in total. The van der Waals surface area contributed by atoms with E-state index in [1.807, 2.05) is 6.07 Å². The summed E-state index contributed by atoms with van der Waals surface area (Å²) in [5.74, 6) is 1.13. The molecule has 0 bridgehead atoms. The van der Waals surface area contributed by atoms with Gasteiger partial charge in [0, 0.05) is 6.04 Å². The van der Waals surface area contributed by atoms with E-state index in [4.69, 9.17) is 0 Å². The first kappa shape index (κ1) is 12.6. The summed E-state index contributed by atoms with van der Waals surface area (Å²) in [5.41, 5.74) is 2.44. The van der Waals surface area contributed by atoms with Crippen molar-refractivity contribution >= 4 is 0 Å². The monoisotopic (exact) mass is 235 g/mol. The molecule has 0 aliphatic heterocycles. The number of hydrogen-bond acceptors (Lipinski definition) is 1. The van der Waals surface area contributed by atoms with Gasteiger partial charge in [0.25, 0.3) is 0 Å². The summed E-state index contributed by atoms with van der Waals surface area (Å²) in [6.45, 7) is 7.47. The van der Waals surface area contributed by atoms with Crippen molar-refractivity contribution < 1.29 is 4.39 Å². The van der Waals surface area contributed by atoms with E-state index in [-0.39, 0.29) is 5.82 Å². The van der Waals surface area contributed by atoms with Gasteiger partial charge in [0.15, 0.2) is 0 Å². The summed E-state index contributed by atoms with van der Waals surface area (Å²) in [4.78, 5) is 0. The van der Waals surface area contributed by atoms with Gasteiger partial charge in [0.05, 0.1) is 0 Å². The minimum Gasteiger partial charge on any atom is -0.314 e. The molecule has 1 saturated carbocycles. The SMILES string of the molecule is Cc1ccc(F)cc1C1CCC1CNC(C)C. The molecule has 0 heterocycles. The lowest BCUT2D eigenvalue weighted by Gasteiger charge is -2.38. The standard InChI is InChI=1S/C15H22FN/c1-10(2)17-9-12-5-7-14(12)15-8-13(16)6-4-11(15)3/h4,6,8,10,12,14,17H,5,7,9H2,1-3H3. The number of benzene rings is 1. The summed E-state index contributed by atoms with van der Waals surface area (Å²) in [5, 5.41) is 3.49. The maximum atomic E-state index is 13.3. The van der Waals surface area contributed by atoms with E-state index in [9.17, 15) is 4.39 Å². The molecule has 2 heteroatoms. The third-order valence-corrected chi connectivity index (χ3v) is 3.85. The third kappa shape index (κ3) is 2.86. The molecule has 0 amide bonds. The van der Waals surface area contributed by atoms with Crippen molar-refractivity contribution in [1.82, 2.24) is 5.32 Å². The van der Waals surface area contributed by atoms with Crippen molar-refractivity contribution in [3.63, 3.8) is 0 Å². The van der Waals surface area contributed by atoms with Crippen molar-refractivity contribution in [1.29, 1.82) is 0 Å². The lowest BCUT2D eigenvalue weighted by Crippen LogP contribution is -2.37. The van der Waals surface area contributed by atoms with Gasteiger partial charge in [-0.3, -0.25) is 0 Å². The van der Waals surface area contributed by atoms with Gasteiger partial charge in [-0.15, -0.1) is 0 Å². The van der Waals surface area contributed by atoms with E-state index in [2.05, 4.69) is 26.1 Å². The highest BCUT2D eigenvalue weighted by molar-refractivity contribution is 5.32. The molecule has 0 radical (unpaired) electrons. The number of aryl methyl sites for hydroxylation is 1. The average molecular weight is 235 g/mol. The second-order valence-electron chi connectivity index (χ2n) is 5.51. The van der Waals surface area contributed by atoms with Crippen molar-refractivity contribution in [3.05, 3.63) is 35.1 Å². The number of nitrogens with one attached hydrogen (secondary N) is 1. The van der Waals surface area contributed by atoms with Crippen LogP contribution >= 0.6 is 0 Å². The van der Waals surface area contributed by atoms with E-state index in [0.29, 0.717) is 17.9 Å². The minimum atomic E-state index is -0.104. The minimum absolute atomic E-state index is 0.104. The molecular weight excluding hydrogens is 213 g/mol. The molecule has 1 aliphatic rings. The lowest BCUT2D eigenvalue weighted by molar-refractivity contribution is 0.239. The Morgan fingerprint density at radius 1 is 1.35 bits per heavy atom. The first-order chi connectivity index (χ1) is 8.08. The predicted octanol–water partition coefficient (Wildman–Crippen LogP) is 3.63. The van der Waals surface area contributed by atoms with Crippen LogP contribution < -0.4 is 5.32 Å². The van der Waals surface area contributed by atoms with Crippen LogP contribution in [0.5, 0.6) is 0 Å². The van der Waals surface area contributed by atoms with Crippen LogP contribution in [-0.4, -0.2) is 12.6 Å². The molecule has 2 rings (SSSR count). The van der Waals surface area contributed by atoms with E-state index in [1.165, 1.54) is 24.0 Å². The highest BCUT2D eigenvalue weighted by atomic mass is 19.1. The Morgan fingerprint density at radius 2 is 2.12 bits per heavy atom. The second kappa shape index (κ2) is 5.18. The zero-order chi connectivity index (χ0) is 12.4. The van der Waals surface area contributed by atoms with Gasteiger partial charge in [-0.1, -0.05) is 19.9 Å². The number of halogens is 1. The molecule has 2 atom stereocenters. The van der Waals surface area contributed by atoms with E-state index >= 15 is 0 Å². The first-order valence-corrected chi connectivity index (χ1v) is 6.57. The van der Waals surface area contributed by atoms with Gasteiger partial charge < -0.3 is 5.32 Å². The predicted molar refractivity (Wildman–Crippen MR) is 69.7 cm³/mol. The van der Waals surface area contributed by atoms with Gasteiger partial charge in [-0.25, -0.2) is 4.39 Å². The van der Waals surface area contributed by atoms with Crippen LogP contribution in [0.4, 0.5) is 4.39 Å². The Morgan fingerprint density at radius 3 is 2.71 bits per heavy atom. The Balaban J connectivity index is 2.04. The summed E-state index contributed by atoms with van der Waals surface area (Å²) < 4.78 is 13.3. The topological polar surface area (TPSA) is 12.0 Å². The maximum absolute atomic E-state index is 13.3. The van der Waals surface area contributed by atoms with Crippen LogP contribution in [0, 0.1) is 18.7 Å². The van der Waals surface area contributed by atoms with Crippen molar-refractivity contribution in [3.8, 4) is 0 Å². The zero-order valence-corrected chi connectivity index (χ0v) is 11.0. The molecule has 1 nitrogen and oxygen atoms in total. The Hall–Kier alpha value is -0.890. The molecular formula is C15H22FN. The van der Waals surface area contributed by atoms with Gasteiger partial charge in [0.2, 0.25) is 0 Å². The summed E-state index contributed by atoms with van der Waals surface area (Å²) >= 11 is 0. The third-order valence-electron chi connectivity index (χ3n) is 3.85. The van der Waals surface area contributed by atoms with Crippen LogP contribution in [0.25, 0.3) is 0 Å². The molecule has 0 saturated heterocycles. The van der Waals surface area contributed by atoms with Crippen LogP contribution in [-0.2, 0) is 0 Å². The summed E-state index contributed by atoms with van der Waals surface area (Å²) in [6, 6.07) is 5.71. The van der Waals surface area contributed by atoms with Crippen LogP contribution in [0.2, 0.25) is 0 Å². The van der Waals surface area contributed by atoms with Gasteiger partial charge in [-0.05, 0) is 61.4 Å². The second-order valence-corrected chi connectivity index (χ2v) is 5.51. The fourth-order valence-electron chi connectivity index (χ4n) is 2.62. The normalized spacial score (nSPS) is 23.8. The smallest absolute Gasteiger partial charge is 0.123 e. The van der Waals surface area contributed by atoms with Gasteiger partial charge in [0.1, 0.15) is 5.82 Å². The number of hydrogen-bond donors (Lipinski definition) is 1. The highest BCUT2D eigenvalue weighted by Gasteiger charge is 2.32. The molecule has 17 heavy (non-hydrogen) atoms. The number of rotatable bonds is 4. The fraction of sp³-hybridized carbons (Fsp3) is 0.600. The average Bonchev–Trinajstić information content (AvgIpc) is 2.21. The summed E-state index contributed by atoms with van der Waals surface area (Å²) in [6.07, 6.45) is 2.47. The van der Waals surface area contributed by atoms with Crippen LogP contribution in [0.1, 0.15) is 43.7 Å². The molecule has 1 aromatic carbocycles. The molecule has 2 unspecified atom stereocenters. The van der Waals surface area contributed by atoms with E-state index < -0.39 is 0 Å². The lowest BCUT2D eigenvalue weighted by atomic mass is 9.69. The van der Waals surface area contributed by atoms with E-state index in [1.54, 1.807) is 12.1 Å². The van der Waals surface area contributed by atoms with Crippen molar-refractivity contribution in [2.24, 2.45) is 5.92 Å². The fourth-order valence-corrected chi connectivity index (χ4v) is 2.62. The van der Waals surface area contributed by atoms with Crippen LogP contribution in [0.3, 0.4) is 0 Å². The molecule has 94 valence electrons. The summed E-state index contributed by atoms with van der Waals surface area (Å²) in [7, 11) is 0. The molecule has 1 fully saturated rings. The Labute approximate surface area is 103 Å². The Bertz CT molecular complexity index is 387. The highest BCUT2D eigenvalue weighted by Crippen LogP contribution is 2.43. The quantitative estimate of drug-likeness (QED) is 0.840.